The second kappa shape index (κ2) is 13.7. The monoisotopic (exact) mass is 306 g/mol. The van der Waals surface area contributed by atoms with Gasteiger partial charge in [-0.05, 0) is 0 Å². The summed E-state index contributed by atoms with van der Waals surface area (Å²) in [6, 6.07) is 0. The molecule has 0 heterocycles. The van der Waals surface area contributed by atoms with Crippen molar-refractivity contribution >= 4 is 5.97 Å². The van der Waals surface area contributed by atoms with E-state index in [-0.39, 0.29) is 33.5 Å². The first-order valence-corrected chi connectivity index (χ1v) is 3.47. The Labute approximate surface area is 107 Å². The molecular formula is C6H18FeO10. The van der Waals surface area contributed by atoms with Crippen molar-refractivity contribution in [1.82, 2.24) is 0 Å². The van der Waals surface area contributed by atoms with Crippen molar-refractivity contribution in [3.05, 3.63) is 0 Å². The molecule has 0 unspecified atom stereocenters. The largest absolute Gasteiger partial charge is 0.479 e. The molecule has 12 N–H and O–H groups in total. The molecule has 4 atom stereocenters. The van der Waals surface area contributed by atoms with Gasteiger partial charge in [0.2, 0.25) is 0 Å². The van der Waals surface area contributed by atoms with Crippen molar-refractivity contribution in [3.63, 3.8) is 0 Å². The SMILES string of the molecule is O.O.O.O=C(O)[C@H](O)[C@@H](O)[C@H](O)[C@H](O)CO.[Fe]. The minimum atomic E-state index is -2.20. The number of aliphatic hydroxyl groups is 5. The first kappa shape index (κ1) is 30.1. The van der Waals surface area contributed by atoms with Crippen LogP contribution < -0.4 is 0 Å². The summed E-state index contributed by atoms with van der Waals surface area (Å²) in [6.45, 7) is -0.843. The van der Waals surface area contributed by atoms with E-state index in [1.807, 2.05) is 0 Å². The summed E-state index contributed by atoms with van der Waals surface area (Å²) in [4.78, 5) is 10.1. The predicted octanol–water partition coefficient (Wildman–Crippen LogP) is -5.97. The molecule has 0 aromatic carbocycles. The normalized spacial score (nSPS) is 15.6. The third kappa shape index (κ3) is 9.38. The van der Waals surface area contributed by atoms with Crippen molar-refractivity contribution in [1.29, 1.82) is 0 Å². The smallest absolute Gasteiger partial charge is 0.335 e. The van der Waals surface area contributed by atoms with Crippen LogP contribution in [0, 0.1) is 0 Å². The Morgan fingerprint density at radius 2 is 1.29 bits per heavy atom. The Bertz CT molecular complexity index is 178. The van der Waals surface area contributed by atoms with E-state index in [0.29, 0.717) is 0 Å². The van der Waals surface area contributed by atoms with Gasteiger partial charge in [0.25, 0.3) is 0 Å². The van der Waals surface area contributed by atoms with Gasteiger partial charge in [-0.25, -0.2) is 4.79 Å². The van der Waals surface area contributed by atoms with Gasteiger partial charge in [0.05, 0.1) is 6.61 Å². The molecule has 0 aliphatic carbocycles. The van der Waals surface area contributed by atoms with Crippen molar-refractivity contribution in [3.8, 4) is 0 Å². The Morgan fingerprint density at radius 3 is 1.53 bits per heavy atom. The van der Waals surface area contributed by atoms with E-state index < -0.39 is 37.0 Å². The molecule has 11 heteroatoms. The molecule has 10 nitrogen and oxygen atoms in total. The summed E-state index contributed by atoms with van der Waals surface area (Å²) < 4.78 is 0. The number of carboxylic acid groups (broad SMARTS) is 1. The molecule has 0 aliphatic heterocycles. The number of carboxylic acids is 1. The van der Waals surface area contributed by atoms with Gasteiger partial charge >= 0.3 is 5.97 Å². The van der Waals surface area contributed by atoms with E-state index in [4.69, 9.17) is 30.6 Å². The molecular weight excluding hydrogens is 288 g/mol. The number of hydrogen-bond acceptors (Lipinski definition) is 6. The van der Waals surface area contributed by atoms with Crippen LogP contribution in [-0.4, -0.2) is 84.1 Å². The fourth-order valence-electron chi connectivity index (χ4n) is 0.668. The van der Waals surface area contributed by atoms with Crippen LogP contribution >= 0.6 is 0 Å². The molecule has 110 valence electrons. The fourth-order valence-corrected chi connectivity index (χ4v) is 0.668. The molecule has 0 aromatic rings. The second-order valence-corrected chi connectivity index (χ2v) is 2.51. The Morgan fingerprint density at radius 1 is 0.941 bits per heavy atom. The third-order valence-corrected chi connectivity index (χ3v) is 1.51. The summed E-state index contributed by atoms with van der Waals surface area (Å²) in [6.07, 6.45) is -7.84. The molecule has 0 fully saturated rings. The average Bonchev–Trinajstić information content (AvgIpc) is 2.12. The molecule has 0 amide bonds. The van der Waals surface area contributed by atoms with Crippen LogP contribution in [0.25, 0.3) is 0 Å². The molecule has 0 bridgehead atoms. The summed E-state index contributed by atoms with van der Waals surface area (Å²) in [5.74, 6) is -1.73. The maximum atomic E-state index is 10.1. The fraction of sp³-hybridized carbons (Fsp3) is 0.833. The van der Waals surface area contributed by atoms with E-state index in [9.17, 15) is 4.79 Å². The quantitative estimate of drug-likeness (QED) is 0.268. The number of aliphatic hydroxyl groups excluding tert-OH is 5. The first-order chi connectivity index (χ1) is 5.91. The van der Waals surface area contributed by atoms with Gasteiger partial charge in [0.1, 0.15) is 18.3 Å². The van der Waals surface area contributed by atoms with Crippen LogP contribution in [0.2, 0.25) is 0 Å². The molecule has 0 saturated heterocycles. The first-order valence-electron chi connectivity index (χ1n) is 3.47. The van der Waals surface area contributed by atoms with Crippen molar-refractivity contribution in [2.45, 2.75) is 24.4 Å². The van der Waals surface area contributed by atoms with Gasteiger partial charge in [-0.1, -0.05) is 0 Å². The van der Waals surface area contributed by atoms with Gasteiger partial charge in [-0.2, -0.15) is 0 Å². The average molecular weight is 306 g/mol. The third-order valence-electron chi connectivity index (χ3n) is 1.51. The van der Waals surface area contributed by atoms with E-state index in [2.05, 4.69) is 0 Å². The van der Waals surface area contributed by atoms with Crippen molar-refractivity contribution in [2.75, 3.05) is 6.61 Å². The predicted molar refractivity (Wildman–Crippen MR) is 49.6 cm³/mol. The van der Waals surface area contributed by atoms with Crippen LogP contribution in [0.1, 0.15) is 0 Å². The minimum Gasteiger partial charge on any atom is -0.479 e. The molecule has 0 radical (unpaired) electrons. The molecule has 0 rings (SSSR count). The van der Waals surface area contributed by atoms with E-state index in [0.717, 1.165) is 0 Å². The number of hydrogen-bond donors (Lipinski definition) is 6. The van der Waals surface area contributed by atoms with Gasteiger partial charge in [0.15, 0.2) is 6.10 Å². The summed E-state index contributed by atoms with van der Waals surface area (Å²) in [5, 5.41) is 51.8. The summed E-state index contributed by atoms with van der Waals surface area (Å²) in [7, 11) is 0. The van der Waals surface area contributed by atoms with Crippen LogP contribution in [0.3, 0.4) is 0 Å². The standard InChI is InChI=1S/C6H12O7.Fe.3H2O/c7-1-2(8)3(9)4(10)5(11)6(12)13;;;;/h2-5,7-11H,1H2,(H,12,13);;3*1H2/t2-,3-,4+,5-;;;;/m1..../s1. The molecule has 17 heavy (non-hydrogen) atoms. The maximum Gasteiger partial charge on any atom is 0.335 e. The van der Waals surface area contributed by atoms with E-state index in [1.165, 1.54) is 0 Å². The van der Waals surface area contributed by atoms with Crippen LogP contribution in [-0.2, 0) is 21.9 Å². The zero-order valence-electron chi connectivity index (χ0n) is 8.46. The molecule has 0 aliphatic rings. The number of rotatable bonds is 5. The van der Waals surface area contributed by atoms with Crippen LogP contribution in [0.4, 0.5) is 0 Å². The Kier molecular flexibility index (Phi) is 24.3. The molecule has 0 spiro atoms. The topological polar surface area (TPSA) is 233 Å². The van der Waals surface area contributed by atoms with Crippen LogP contribution in [0.15, 0.2) is 0 Å². The maximum absolute atomic E-state index is 10.1. The summed E-state index contributed by atoms with van der Waals surface area (Å²) >= 11 is 0. The van der Waals surface area contributed by atoms with E-state index in [1.54, 1.807) is 0 Å². The second-order valence-electron chi connectivity index (χ2n) is 2.51. The van der Waals surface area contributed by atoms with E-state index >= 15 is 0 Å². The van der Waals surface area contributed by atoms with Crippen LogP contribution in [0.5, 0.6) is 0 Å². The zero-order valence-corrected chi connectivity index (χ0v) is 9.57. The number of carbonyl (C=O) groups is 1. The molecule has 0 aromatic heterocycles. The van der Waals surface area contributed by atoms with Crippen molar-refractivity contribution in [2.24, 2.45) is 0 Å². The van der Waals surface area contributed by atoms with Crippen molar-refractivity contribution < 1.29 is 68.9 Å². The summed E-state index contributed by atoms with van der Waals surface area (Å²) in [5.41, 5.74) is 0. The van der Waals surface area contributed by atoms with Gasteiger partial charge in [0, 0.05) is 17.1 Å². The Balaban J connectivity index is -0.000000120. The molecule has 0 saturated carbocycles. The number of aliphatic carboxylic acids is 1. The van der Waals surface area contributed by atoms with Gasteiger partial charge < -0.3 is 47.1 Å². The Hall–Kier alpha value is -0.331. The zero-order chi connectivity index (χ0) is 10.6. The van der Waals surface area contributed by atoms with Gasteiger partial charge in [-0.3, -0.25) is 0 Å². The minimum absolute atomic E-state index is 0. The van der Waals surface area contributed by atoms with Gasteiger partial charge in [-0.15, -0.1) is 0 Å².